The fraction of sp³-hybridized carbons (Fsp3) is 0.286. The van der Waals surface area contributed by atoms with Gasteiger partial charge >= 0.3 is 0 Å². The summed E-state index contributed by atoms with van der Waals surface area (Å²) >= 11 is 3.41. The zero-order valence-corrected chi connectivity index (χ0v) is 12.0. The van der Waals surface area contributed by atoms with Crippen LogP contribution >= 0.6 is 15.9 Å². The van der Waals surface area contributed by atoms with Crippen LogP contribution in [0.2, 0.25) is 0 Å². The highest BCUT2D eigenvalue weighted by Crippen LogP contribution is 2.11. The van der Waals surface area contributed by atoms with Crippen molar-refractivity contribution in [2.45, 2.75) is 19.5 Å². The average Bonchev–Trinajstić information content (AvgIpc) is 2.45. The molecular weight excluding hydrogens is 306 g/mol. The van der Waals surface area contributed by atoms with E-state index in [9.17, 15) is 4.79 Å². The van der Waals surface area contributed by atoms with Gasteiger partial charge in [-0.15, -0.1) is 0 Å². The normalized spacial score (nSPS) is 14.2. The molecule has 1 aliphatic heterocycles. The molecular formula is C14H14BrN3O. The van der Waals surface area contributed by atoms with Crippen molar-refractivity contribution >= 4 is 15.9 Å². The van der Waals surface area contributed by atoms with Gasteiger partial charge in [-0.25, -0.2) is 4.98 Å². The zero-order valence-electron chi connectivity index (χ0n) is 10.4. The molecule has 2 aromatic rings. The van der Waals surface area contributed by atoms with Crippen LogP contribution in [0.1, 0.15) is 16.8 Å². The van der Waals surface area contributed by atoms with Crippen LogP contribution in [0.3, 0.4) is 0 Å². The van der Waals surface area contributed by atoms with Gasteiger partial charge in [-0.1, -0.05) is 28.1 Å². The van der Waals surface area contributed by atoms with Crippen molar-refractivity contribution in [3.63, 3.8) is 0 Å². The third-order valence-corrected chi connectivity index (χ3v) is 3.86. The molecule has 0 unspecified atom stereocenters. The molecule has 1 N–H and O–H groups in total. The fourth-order valence-corrected chi connectivity index (χ4v) is 2.55. The van der Waals surface area contributed by atoms with E-state index in [4.69, 9.17) is 0 Å². The molecule has 3 rings (SSSR count). The maximum absolute atomic E-state index is 12.4. The highest BCUT2D eigenvalue weighted by molar-refractivity contribution is 9.10. The van der Waals surface area contributed by atoms with E-state index in [1.165, 1.54) is 0 Å². The first-order chi connectivity index (χ1) is 9.24. The van der Waals surface area contributed by atoms with E-state index in [-0.39, 0.29) is 5.56 Å². The molecule has 4 nitrogen and oxygen atoms in total. The van der Waals surface area contributed by atoms with Crippen molar-refractivity contribution in [2.24, 2.45) is 0 Å². The van der Waals surface area contributed by atoms with Gasteiger partial charge in [0.15, 0.2) is 0 Å². The van der Waals surface area contributed by atoms with Crippen molar-refractivity contribution in [1.82, 2.24) is 14.9 Å². The van der Waals surface area contributed by atoms with Gasteiger partial charge in [0, 0.05) is 16.6 Å². The number of fused-ring (bicyclic) bond motifs is 1. The van der Waals surface area contributed by atoms with Crippen LogP contribution in [0.5, 0.6) is 0 Å². The highest BCUT2D eigenvalue weighted by atomic mass is 79.9. The Hall–Kier alpha value is -1.46. The molecule has 2 heterocycles. The minimum absolute atomic E-state index is 0.0921. The van der Waals surface area contributed by atoms with E-state index >= 15 is 0 Å². The number of hydrogen-bond acceptors (Lipinski definition) is 3. The van der Waals surface area contributed by atoms with Crippen molar-refractivity contribution in [1.29, 1.82) is 0 Å². The van der Waals surface area contributed by atoms with Gasteiger partial charge in [0.25, 0.3) is 5.56 Å². The number of nitrogens with zero attached hydrogens (tertiary/aromatic N) is 2. The number of rotatable bonds is 2. The fourth-order valence-electron chi connectivity index (χ4n) is 2.29. The molecule has 0 amide bonds. The van der Waals surface area contributed by atoms with E-state index in [0.29, 0.717) is 13.1 Å². The van der Waals surface area contributed by atoms with Gasteiger partial charge in [-0.2, -0.15) is 0 Å². The molecule has 5 heteroatoms. The van der Waals surface area contributed by atoms with Gasteiger partial charge in [0.1, 0.15) is 0 Å². The minimum Gasteiger partial charge on any atom is -0.311 e. The first-order valence-corrected chi connectivity index (χ1v) is 7.06. The quantitative estimate of drug-likeness (QED) is 0.916. The van der Waals surface area contributed by atoms with Crippen LogP contribution in [0.4, 0.5) is 0 Å². The summed E-state index contributed by atoms with van der Waals surface area (Å²) in [5.74, 6) is 0. The smallest absolute Gasteiger partial charge is 0.257 e. The van der Waals surface area contributed by atoms with Crippen molar-refractivity contribution in [2.75, 3.05) is 6.54 Å². The standard InChI is InChI=1S/C14H14BrN3O/c15-11-3-1-10(2-4-11)8-18-9-17-13-7-16-6-5-12(13)14(18)19/h1-4,9,16H,5-8H2. The Kier molecular flexibility index (Phi) is 3.48. The molecule has 0 bridgehead atoms. The minimum atomic E-state index is 0.0921. The SMILES string of the molecule is O=c1c2c(ncn1Cc1ccc(Br)cc1)CNCC2. The molecule has 0 fully saturated rings. The number of aromatic nitrogens is 2. The summed E-state index contributed by atoms with van der Waals surface area (Å²) in [6.07, 6.45) is 2.42. The predicted molar refractivity (Wildman–Crippen MR) is 77.2 cm³/mol. The molecule has 0 saturated carbocycles. The molecule has 1 aliphatic rings. The number of halogens is 1. The summed E-state index contributed by atoms with van der Waals surface area (Å²) < 4.78 is 2.73. The van der Waals surface area contributed by atoms with Crippen LogP contribution in [-0.2, 0) is 19.5 Å². The molecule has 0 spiro atoms. The predicted octanol–water partition coefficient (Wildman–Crippen LogP) is 1.70. The Balaban J connectivity index is 1.93. The van der Waals surface area contributed by atoms with Gasteiger partial charge in [0.05, 0.1) is 18.6 Å². The number of nitrogens with one attached hydrogen (secondary N) is 1. The van der Waals surface area contributed by atoms with Crippen molar-refractivity contribution < 1.29 is 0 Å². The second-order valence-electron chi connectivity index (χ2n) is 4.66. The summed E-state index contributed by atoms with van der Waals surface area (Å²) in [5, 5.41) is 3.23. The van der Waals surface area contributed by atoms with Crippen LogP contribution < -0.4 is 10.9 Å². The Morgan fingerprint density at radius 2 is 2.11 bits per heavy atom. The maximum Gasteiger partial charge on any atom is 0.257 e. The second kappa shape index (κ2) is 5.27. The summed E-state index contributed by atoms with van der Waals surface area (Å²) in [5.41, 5.74) is 2.94. The maximum atomic E-state index is 12.4. The van der Waals surface area contributed by atoms with Gasteiger partial charge in [-0.3, -0.25) is 9.36 Å². The van der Waals surface area contributed by atoms with E-state index < -0.39 is 0 Å². The molecule has 19 heavy (non-hydrogen) atoms. The molecule has 0 aliphatic carbocycles. The lowest BCUT2D eigenvalue weighted by Gasteiger charge is -2.16. The molecule has 98 valence electrons. The topological polar surface area (TPSA) is 46.9 Å². The zero-order chi connectivity index (χ0) is 13.2. The molecule has 0 radical (unpaired) electrons. The van der Waals surface area contributed by atoms with Crippen LogP contribution in [0, 0.1) is 0 Å². The van der Waals surface area contributed by atoms with Gasteiger partial charge < -0.3 is 5.32 Å². The highest BCUT2D eigenvalue weighted by Gasteiger charge is 2.15. The Morgan fingerprint density at radius 1 is 1.32 bits per heavy atom. The second-order valence-corrected chi connectivity index (χ2v) is 5.57. The molecule has 1 aromatic heterocycles. The summed E-state index contributed by atoms with van der Waals surface area (Å²) in [6.45, 7) is 2.12. The summed E-state index contributed by atoms with van der Waals surface area (Å²) in [4.78, 5) is 16.8. The lowest BCUT2D eigenvalue weighted by Crippen LogP contribution is -2.34. The molecule has 0 saturated heterocycles. The third kappa shape index (κ3) is 2.62. The number of hydrogen-bond donors (Lipinski definition) is 1. The van der Waals surface area contributed by atoms with E-state index in [2.05, 4.69) is 26.2 Å². The van der Waals surface area contributed by atoms with Crippen LogP contribution in [-0.4, -0.2) is 16.1 Å². The van der Waals surface area contributed by atoms with Crippen LogP contribution in [0.15, 0.2) is 39.9 Å². The molecule has 0 atom stereocenters. The first kappa shape index (κ1) is 12.6. The lowest BCUT2D eigenvalue weighted by atomic mass is 10.1. The van der Waals surface area contributed by atoms with Crippen molar-refractivity contribution in [3.8, 4) is 0 Å². The average molecular weight is 320 g/mol. The Labute approximate surface area is 119 Å². The van der Waals surface area contributed by atoms with Gasteiger partial charge in [-0.05, 0) is 30.7 Å². The summed E-state index contributed by atoms with van der Waals surface area (Å²) in [7, 11) is 0. The van der Waals surface area contributed by atoms with Crippen LogP contribution in [0.25, 0.3) is 0 Å². The van der Waals surface area contributed by atoms with Gasteiger partial charge in [0.2, 0.25) is 0 Å². The van der Waals surface area contributed by atoms with E-state index in [1.807, 2.05) is 24.3 Å². The lowest BCUT2D eigenvalue weighted by molar-refractivity contribution is 0.596. The third-order valence-electron chi connectivity index (χ3n) is 3.33. The Morgan fingerprint density at radius 3 is 2.89 bits per heavy atom. The van der Waals surface area contributed by atoms with E-state index in [1.54, 1.807) is 10.9 Å². The Bertz CT molecular complexity index is 649. The first-order valence-electron chi connectivity index (χ1n) is 6.26. The molecule has 1 aromatic carbocycles. The van der Waals surface area contributed by atoms with E-state index in [0.717, 1.165) is 34.3 Å². The monoisotopic (exact) mass is 319 g/mol. The van der Waals surface area contributed by atoms with Crippen molar-refractivity contribution in [3.05, 3.63) is 62.2 Å². The largest absolute Gasteiger partial charge is 0.311 e. The summed E-state index contributed by atoms with van der Waals surface area (Å²) in [6, 6.07) is 7.99. The number of benzene rings is 1.